The second-order valence-electron chi connectivity index (χ2n) is 4.94. The Morgan fingerprint density at radius 1 is 1.28 bits per heavy atom. The van der Waals surface area contributed by atoms with Crippen molar-refractivity contribution < 1.29 is 14.7 Å². The number of likely N-dealkylation sites (N-methyl/N-ethyl adjacent to an activating group) is 1. The molecule has 1 fully saturated rings. The van der Waals surface area contributed by atoms with Gasteiger partial charge in [0.1, 0.15) is 6.04 Å². The van der Waals surface area contributed by atoms with Crippen LogP contribution in [-0.2, 0) is 4.79 Å². The lowest BCUT2D eigenvalue weighted by atomic mass is 9.99. The number of aliphatic carboxylic acids is 1. The molecule has 0 aliphatic carbocycles. The van der Waals surface area contributed by atoms with E-state index in [1.807, 2.05) is 20.9 Å². The normalized spacial score (nSPS) is 20.3. The van der Waals surface area contributed by atoms with Gasteiger partial charge < -0.3 is 20.2 Å². The Morgan fingerprint density at radius 3 is 2.28 bits per heavy atom. The van der Waals surface area contributed by atoms with Gasteiger partial charge in [-0.15, -0.1) is 0 Å². The van der Waals surface area contributed by atoms with Gasteiger partial charge in [0.25, 0.3) is 0 Å². The number of hydrogen-bond acceptors (Lipinski definition) is 3. The Balaban J connectivity index is 2.53. The van der Waals surface area contributed by atoms with Gasteiger partial charge >= 0.3 is 12.0 Å². The third kappa shape index (κ3) is 3.87. The van der Waals surface area contributed by atoms with Gasteiger partial charge in [0.15, 0.2) is 0 Å². The largest absolute Gasteiger partial charge is 0.480 e. The van der Waals surface area contributed by atoms with E-state index in [0.29, 0.717) is 13.1 Å². The van der Waals surface area contributed by atoms with Gasteiger partial charge in [0, 0.05) is 26.2 Å². The van der Waals surface area contributed by atoms with Gasteiger partial charge in [0.05, 0.1) is 0 Å². The molecule has 104 valence electrons. The van der Waals surface area contributed by atoms with E-state index in [-0.39, 0.29) is 11.9 Å². The van der Waals surface area contributed by atoms with Crippen LogP contribution in [0.15, 0.2) is 0 Å². The Kier molecular flexibility index (Phi) is 5.40. The van der Waals surface area contributed by atoms with Gasteiger partial charge in [-0.1, -0.05) is 20.3 Å². The minimum atomic E-state index is -0.966. The topological polar surface area (TPSA) is 72.9 Å². The van der Waals surface area contributed by atoms with Gasteiger partial charge in [-0.05, 0) is 13.0 Å². The van der Waals surface area contributed by atoms with Crippen molar-refractivity contribution in [2.45, 2.75) is 26.3 Å². The molecule has 0 spiro atoms. The number of carboxylic acid groups (broad SMARTS) is 1. The molecule has 1 aliphatic heterocycles. The molecule has 1 saturated heterocycles. The van der Waals surface area contributed by atoms with E-state index in [9.17, 15) is 9.59 Å². The van der Waals surface area contributed by atoms with Crippen LogP contribution in [0.4, 0.5) is 4.79 Å². The quantitative estimate of drug-likeness (QED) is 0.766. The molecule has 6 heteroatoms. The summed E-state index contributed by atoms with van der Waals surface area (Å²) >= 11 is 0. The first kappa shape index (κ1) is 14.8. The molecule has 0 aromatic heterocycles. The van der Waals surface area contributed by atoms with E-state index >= 15 is 0 Å². The molecule has 1 aliphatic rings. The van der Waals surface area contributed by atoms with Crippen molar-refractivity contribution in [3.8, 4) is 0 Å². The molecule has 6 nitrogen and oxygen atoms in total. The van der Waals surface area contributed by atoms with Crippen molar-refractivity contribution in [3.63, 3.8) is 0 Å². The summed E-state index contributed by atoms with van der Waals surface area (Å²) in [6, 6.07) is -1.07. The lowest BCUT2D eigenvalue weighted by Crippen LogP contribution is -2.55. The van der Waals surface area contributed by atoms with E-state index in [4.69, 9.17) is 5.11 Å². The maximum absolute atomic E-state index is 12.0. The molecular weight excluding hydrogens is 234 g/mol. The van der Waals surface area contributed by atoms with Crippen LogP contribution in [-0.4, -0.2) is 66.2 Å². The van der Waals surface area contributed by atoms with E-state index in [1.165, 1.54) is 0 Å². The lowest BCUT2D eigenvalue weighted by Gasteiger charge is -2.33. The summed E-state index contributed by atoms with van der Waals surface area (Å²) in [4.78, 5) is 26.9. The smallest absolute Gasteiger partial charge is 0.326 e. The molecule has 0 saturated carbocycles. The van der Waals surface area contributed by atoms with E-state index < -0.39 is 12.0 Å². The van der Waals surface area contributed by atoms with Gasteiger partial charge in [0.2, 0.25) is 0 Å². The molecule has 0 bridgehead atoms. The average Bonchev–Trinajstić information content (AvgIpc) is 2.35. The Labute approximate surface area is 108 Å². The molecular formula is C12H23N3O3. The third-order valence-electron chi connectivity index (χ3n) is 3.55. The fraction of sp³-hybridized carbons (Fsp3) is 0.833. The fourth-order valence-corrected chi connectivity index (χ4v) is 1.92. The summed E-state index contributed by atoms with van der Waals surface area (Å²) in [6.45, 7) is 6.71. The first-order valence-electron chi connectivity index (χ1n) is 6.42. The molecule has 1 rings (SSSR count). The molecule has 0 radical (unpaired) electrons. The zero-order valence-corrected chi connectivity index (χ0v) is 11.3. The highest BCUT2D eigenvalue weighted by molar-refractivity contribution is 5.82. The zero-order chi connectivity index (χ0) is 13.7. The molecule has 2 atom stereocenters. The highest BCUT2D eigenvalue weighted by Gasteiger charge is 2.28. The predicted molar refractivity (Wildman–Crippen MR) is 68.5 cm³/mol. The van der Waals surface area contributed by atoms with Crippen molar-refractivity contribution >= 4 is 12.0 Å². The van der Waals surface area contributed by atoms with Gasteiger partial charge in [-0.2, -0.15) is 0 Å². The van der Waals surface area contributed by atoms with Crippen LogP contribution in [0, 0.1) is 5.92 Å². The molecule has 0 unspecified atom stereocenters. The Bertz CT molecular complexity index is 301. The minimum Gasteiger partial charge on any atom is -0.480 e. The summed E-state index contributed by atoms with van der Waals surface area (Å²) in [5.74, 6) is -1.04. The highest BCUT2D eigenvalue weighted by atomic mass is 16.4. The van der Waals surface area contributed by atoms with Gasteiger partial charge in [-0.3, -0.25) is 0 Å². The molecule has 0 aromatic carbocycles. The number of amides is 2. The number of rotatable bonds is 4. The Hall–Kier alpha value is -1.30. The van der Waals surface area contributed by atoms with Crippen LogP contribution in [0.2, 0.25) is 0 Å². The van der Waals surface area contributed by atoms with E-state index in [2.05, 4.69) is 10.2 Å². The summed E-state index contributed by atoms with van der Waals surface area (Å²) in [6.07, 6.45) is 0.722. The summed E-state index contributed by atoms with van der Waals surface area (Å²) in [5.41, 5.74) is 0. The number of urea groups is 1. The maximum atomic E-state index is 12.0. The second-order valence-corrected chi connectivity index (χ2v) is 4.94. The Morgan fingerprint density at radius 2 is 1.83 bits per heavy atom. The number of carboxylic acids is 1. The third-order valence-corrected chi connectivity index (χ3v) is 3.55. The second kappa shape index (κ2) is 6.58. The minimum absolute atomic E-state index is 0.0704. The van der Waals surface area contributed by atoms with E-state index in [1.54, 1.807) is 4.90 Å². The summed E-state index contributed by atoms with van der Waals surface area (Å²) in [7, 11) is 2.01. The molecule has 18 heavy (non-hydrogen) atoms. The van der Waals surface area contributed by atoms with Crippen molar-refractivity contribution in [2.24, 2.45) is 5.92 Å². The first-order valence-corrected chi connectivity index (χ1v) is 6.42. The molecule has 1 heterocycles. The van der Waals surface area contributed by atoms with Crippen LogP contribution in [0.5, 0.6) is 0 Å². The van der Waals surface area contributed by atoms with Crippen molar-refractivity contribution in [2.75, 3.05) is 33.2 Å². The molecule has 0 aromatic rings. The fourth-order valence-electron chi connectivity index (χ4n) is 1.92. The van der Waals surface area contributed by atoms with E-state index in [0.717, 1.165) is 19.5 Å². The zero-order valence-electron chi connectivity index (χ0n) is 11.3. The number of piperazine rings is 1. The number of hydrogen-bond donors (Lipinski definition) is 2. The average molecular weight is 257 g/mol. The number of carbonyl (C=O) groups excluding carboxylic acids is 1. The van der Waals surface area contributed by atoms with Crippen molar-refractivity contribution in [3.05, 3.63) is 0 Å². The maximum Gasteiger partial charge on any atom is 0.326 e. The number of nitrogens with zero attached hydrogens (tertiary/aromatic N) is 2. The lowest BCUT2D eigenvalue weighted by molar-refractivity contribution is -0.140. The number of nitrogens with one attached hydrogen (secondary N) is 1. The predicted octanol–water partition coefficient (Wildman–Crippen LogP) is 0.443. The van der Waals surface area contributed by atoms with Crippen LogP contribution in [0.3, 0.4) is 0 Å². The monoisotopic (exact) mass is 257 g/mol. The van der Waals surface area contributed by atoms with Gasteiger partial charge in [-0.25, -0.2) is 9.59 Å². The van der Waals surface area contributed by atoms with Crippen LogP contribution in [0.1, 0.15) is 20.3 Å². The summed E-state index contributed by atoms with van der Waals surface area (Å²) in [5, 5.41) is 11.7. The highest BCUT2D eigenvalue weighted by Crippen LogP contribution is 2.09. The van der Waals surface area contributed by atoms with Crippen molar-refractivity contribution in [1.29, 1.82) is 0 Å². The standard InChI is InChI=1S/C12H23N3O3/c1-4-9(2)10(11(16)17)13-12(18)15-7-5-14(3)6-8-15/h9-10H,4-8H2,1-3H3,(H,13,18)(H,16,17)/t9-,10-/m0/s1. The first-order chi connectivity index (χ1) is 8.45. The van der Waals surface area contributed by atoms with Crippen LogP contribution < -0.4 is 5.32 Å². The van der Waals surface area contributed by atoms with Crippen LogP contribution >= 0.6 is 0 Å². The number of carbonyl (C=O) groups is 2. The van der Waals surface area contributed by atoms with Crippen molar-refractivity contribution in [1.82, 2.24) is 15.1 Å². The summed E-state index contributed by atoms with van der Waals surface area (Å²) < 4.78 is 0. The molecule has 2 N–H and O–H groups in total. The SMILES string of the molecule is CC[C@H](C)[C@H](NC(=O)N1CCN(C)CC1)C(=O)O. The molecule has 2 amide bonds. The van der Waals surface area contributed by atoms with Crippen LogP contribution in [0.25, 0.3) is 0 Å².